The molecule has 2 rings (SSSR count). The minimum absolute atomic E-state index is 0.0825. The van der Waals surface area contributed by atoms with E-state index in [2.05, 4.69) is 4.98 Å². The predicted molar refractivity (Wildman–Crippen MR) is 63.8 cm³/mol. The normalized spacial score (nSPS) is 12.9. The van der Waals surface area contributed by atoms with Gasteiger partial charge >= 0.3 is 5.69 Å². The maximum atomic E-state index is 12.1. The molecule has 0 saturated carbocycles. The molecule has 1 aromatic carbocycles. The molecule has 0 amide bonds. The van der Waals surface area contributed by atoms with Crippen LogP contribution in [0.2, 0.25) is 0 Å². The van der Waals surface area contributed by atoms with Crippen LogP contribution in [-0.4, -0.2) is 9.55 Å². The molecule has 0 aliphatic heterocycles. The molecule has 0 spiro atoms. The van der Waals surface area contributed by atoms with Crippen molar-refractivity contribution < 1.29 is 0 Å². The Morgan fingerprint density at radius 2 is 2.00 bits per heavy atom. The highest BCUT2D eigenvalue weighted by Crippen LogP contribution is 2.07. The summed E-state index contributed by atoms with van der Waals surface area (Å²) in [6.07, 6.45) is 0.751. The Kier molecular flexibility index (Phi) is 2.64. The number of hydrogen-bond acceptors (Lipinski definition) is 2. The van der Waals surface area contributed by atoms with Crippen LogP contribution in [0.15, 0.2) is 33.9 Å². The number of rotatable bonds is 2. The smallest absolute Gasteiger partial charge is 0.307 e. The summed E-state index contributed by atoms with van der Waals surface area (Å²) in [6.45, 7) is 3.82. The molecule has 4 heteroatoms. The Bertz CT molecular complexity index is 625. The van der Waals surface area contributed by atoms with E-state index < -0.39 is 0 Å². The van der Waals surface area contributed by atoms with Gasteiger partial charge in [-0.1, -0.05) is 19.1 Å². The molecule has 1 aromatic heterocycles. The monoisotopic (exact) mass is 218 g/mol. The van der Waals surface area contributed by atoms with Crippen LogP contribution in [0.25, 0.3) is 10.9 Å². The summed E-state index contributed by atoms with van der Waals surface area (Å²) < 4.78 is 1.28. The third-order valence-electron chi connectivity index (χ3n) is 2.87. The summed E-state index contributed by atoms with van der Waals surface area (Å²) in [5.74, 6) is 0. The van der Waals surface area contributed by atoms with E-state index in [0.29, 0.717) is 10.9 Å². The zero-order valence-electron chi connectivity index (χ0n) is 9.36. The van der Waals surface area contributed by atoms with Crippen LogP contribution in [0.4, 0.5) is 0 Å². The van der Waals surface area contributed by atoms with Crippen LogP contribution >= 0.6 is 0 Å². The maximum absolute atomic E-state index is 12.1. The van der Waals surface area contributed by atoms with E-state index in [1.165, 1.54) is 4.57 Å². The zero-order valence-corrected chi connectivity index (χ0v) is 9.36. The van der Waals surface area contributed by atoms with Crippen LogP contribution in [0.1, 0.15) is 26.3 Å². The Hall–Kier alpha value is -1.84. The predicted octanol–water partition coefficient (Wildman–Crippen LogP) is 1.66. The van der Waals surface area contributed by atoms with E-state index in [-0.39, 0.29) is 17.3 Å². The third kappa shape index (κ3) is 1.56. The molecule has 0 fully saturated rings. The molecule has 0 bridgehead atoms. The number of aromatic nitrogens is 2. The van der Waals surface area contributed by atoms with Crippen molar-refractivity contribution in [1.29, 1.82) is 0 Å². The minimum Gasteiger partial charge on any atom is -0.307 e. The molecule has 0 aliphatic rings. The van der Waals surface area contributed by atoms with Crippen LogP contribution in [0.5, 0.6) is 0 Å². The van der Waals surface area contributed by atoms with Gasteiger partial charge in [-0.15, -0.1) is 0 Å². The fraction of sp³-hybridized carbons (Fsp3) is 0.333. The van der Waals surface area contributed by atoms with Gasteiger partial charge < -0.3 is 4.98 Å². The van der Waals surface area contributed by atoms with Gasteiger partial charge in [-0.05, 0) is 25.5 Å². The molecule has 1 unspecified atom stereocenters. The average molecular weight is 218 g/mol. The summed E-state index contributed by atoms with van der Waals surface area (Å²) in [5.41, 5.74) is 0.0452. The van der Waals surface area contributed by atoms with Crippen molar-refractivity contribution >= 4 is 10.9 Å². The third-order valence-corrected chi connectivity index (χ3v) is 2.87. The second-order valence-corrected chi connectivity index (χ2v) is 3.91. The van der Waals surface area contributed by atoms with E-state index in [4.69, 9.17) is 0 Å². The van der Waals surface area contributed by atoms with Crippen LogP contribution in [0, 0.1) is 0 Å². The lowest BCUT2D eigenvalue weighted by Gasteiger charge is -2.11. The number of H-pyrrole nitrogens is 1. The molecule has 84 valence electrons. The SMILES string of the molecule is CCC(C)n1c(=O)[nH]c2ccccc2c1=O. The van der Waals surface area contributed by atoms with Gasteiger partial charge in [0.15, 0.2) is 0 Å². The largest absolute Gasteiger partial charge is 0.329 e. The number of benzene rings is 1. The number of hydrogen-bond donors (Lipinski definition) is 1. The molecule has 4 nitrogen and oxygen atoms in total. The molecular formula is C12H14N2O2. The molecule has 1 heterocycles. The Morgan fingerprint density at radius 1 is 1.31 bits per heavy atom. The van der Waals surface area contributed by atoms with E-state index in [0.717, 1.165) is 6.42 Å². The lowest BCUT2D eigenvalue weighted by molar-refractivity contribution is 0.494. The van der Waals surface area contributed by atoms with Crippen LogP contribution < -0.4 is 11.2 Å². The van der Waals surface area contributed by atoms with Gasteiger partial charge in [-0.25, -0.2) is 4.79 Å². The van der Waals surface area contributed by atoms with Crippen molar-refractivity contribution in [2.75, 3.05) is 0 Å². The van der Waals surface area contributed by atoms with Gasteiger partial charge in [0.2, 0.25) is 0 Å². The number of nitrogens with one attached hydrogen (secondary N) is 1. The van der Waals surface area contributed by atoms with Crippen molar-refractivity contribution in [2.24, 2.45) is 0 Å². The Labute approximate surface area is 92.5 Å². The van der Waals surface area contributed by atoms with E-state index in [1.54, 1.807) is 24.3 Å². The van der Waals surface area contributed by atoms with Gasteiger partial charge in [-0.3, -0.25) is 9.36 Å². The molecule has 0 saturated heterocycles. The van der Waals surface area contributed by atoms with Crippen molar-refractivity contribution in [3.8, 4) is 0 Å². The highest BCUT2D eigenvalue weighted by atomic mass is 16.2. The molecule has 2 aromatic rings. The fourth-order valence-electron chi connectivity index (χ4n) is 1.76. The standard InChI is InChI=1S/C12H14N2O2/c1-3-8(2)14-11(15)9-6-4-5-7-10(9)13-12(14)16/h4-8H,3H2,1-2H3,(H,13,16). The average Bonchev–Trinajstić information content (AvgIpc) is 2.28. The number of para-hydroxylation sites is 1. The van der Waals surface area contributed by atoms with Crippen LogP contribution in [0.3, 0.4) is 0 Å². The molecule has 16 heavy (non-hydrogen) atoms. The van der Waals surface area contributed by atoms with E-state index in [1.807, 2.05) is 13.8 Å². The summed E-state index contributed by atoms with van der Waals surface area (Å²) in [5, 5.41) is 0.558. The van der Waals surface area contributed by atoms with Gasteiger partial charge in [0.25, 0.3) is 5.56 Å². The first kappa shape index (κ1) is 10.7. The van der Waals surface area contributed by atoms with Crippen molar-refractivity contribution in [3.63, 3.8) is 0 Å². The van der Waals surface area contributed by atoms with E-state index in [9.17, 15) is 9.59 Å². The van der Waals surface area contributed by atoms with Gasteiger partial charge in [0, 0.05) is 6.04 Å². The first-order valence-electron chi connectivity index (χ1n) is 5.38. The Balaban J connectivity index is 2.87. The number of aromatic amines is 1. The molecular weight excluding hydrogens is 204 g/mol. The molecule has 0 aliphatic carbocycles. The lowest BCUT2D eigenvalue weighted by Crippen LogP contribution is -2.36. The summed E-state index contributed by atoms with van der Waals surface area (Å²) in [6, 6.07) is 6.97. The summed E-state index contributed by atoms with van der Waals surface area (Å²) >= 11 is 0. The topological polar surface area (TPSA) is 54.9 Å². The van der Waals surface area contributed by atoms with Gasteiger partial charge in [0.1, 0.15) is 0 Å². The maximum Gasteiger partial charge on any atom is 0.329 e. The first-order valence-corrected chi connectivity index (χ1v) is 5.38. The minimum atomic E-state index is -0.335. The highest BCUT2D eigenvalue weighted by Gasteiger charge is 2.11. The van der Waals surface area contributed by atoms with Gasteiger partial charge in [-0.2, -0.15) is 0 Å². The van der Waals surface area contributed by atoms with Crippen molar-refractivity contribution in [1.82, 2.24) is 9.55 Å². The summed E-state index contributed by atoms with van der Waals surface area (Å²) in [4.78, 5) is 26.6. The van der Waals surface area contributed by atoms with Crippen LogP contribution in [-0.2, 0) is 0 Å². The van der Waals surface area contributed by atoms with Crippen molar-refractivity contribution in [3.05, 3.63) is 45.1 Å². The van der Waals surface area contributed by atoms with Gasteiger partial charge in [0.05, 0.1) is 10.9 Å². The second kappa shape index (κ2) is 3.96. The molecule has 1 atom stereocenters. The lowest BCUT2D eigenvalue weighted by atomic mass is 10.2. The zero-order chi connectivity index (χ0) is 11.7. The first-order chi connectivity index (χ1) is 7.65. The van der Waals surface area contributed by atoms with Crippen molar-refractivity contribution in [2.45, 2.75) is 26.3 Å². The number of nitrogens with zero attached hydrogens (tertiary/aromatic N) is 1. The van der Waals surface area contributed by atoms with E-state index >= 15 is 0 Å². The molecule has 0 radical (unpaired) electrons. The quantitative estimate of drug-likeness (QED) is 0.833. The highest BCUT2D eigenvalue weighted by molar-refractivity contribution is 5.76. The Morgan fingerprint density at radius 3 is 2.69 bits per heavy atom. The molecule has 1 N–H and O–H groups in total. The fourth-order valence-corrected chi connectivity index (χ4v) is 1.76. The second-order valence-electron chi connectivity index (χ2n) is 3.91. The summed E-state index contributed by atoms with van der Waals surface area (Å²) in [7, 11) is 0. The number of fused-ring (bicyclic) bond motifs is 1.